The first-order valence-corrected chi connectivity index (χ1v) is 7.83. The monoisotopic (exact) mass is 333 g/mol. The van der Waals surface area contributed by atoms with E-state index in [1.54, 1.807) is 7.11 Å². The van der Waals surface area contributed by atoms with E-state index in [1.165, 1.54) is 0 Å². The average molecular weight is 333 g/mol. The van der Waals surface area contributed by atoms with Crippen molar-refractivity contribution in [2.45, 2.75) is 26.7 Å². The van der Waals surface area contributed by atoms with Crippen LogP contribution in [-0.2, 0) is 14.3 Å². The van der Waals surface area contributed by atoms with Gasteiger partial charge in [0.15, 0.2) is 5.82 Å². The Morgan fingerprint density at radius 2 is 2.12 bits per heavy atom. The number of rotatable bonds is 8. The van der Waals surface area contributed by atoms with Crippen LogP contribution in [0.5, 0.6) is 0 Å². The molecule has 0 spiro atoms. The second-order valence-corrected chi connectivity index (χ2v) is 5.70. The van der Waals surface area contributed by atoms with E-state index in [4.69, 9.17) is 14.0 Å². The smallest absolute Gasteiger partial charge is 0.260 e. The van der Waals surface area contributed by atoms with Gasteiger partial charge in [-0.3, -0.25) is 4.79 Å². The summed E-state index contributed by atoms with van der Waals surface area (Å²) in [6, 6.07) is 5.63. The third-order valence-electron chi connectivity index (χ3n) is 3.39. The molecular formula is C17H23N3O4. The van der Waals surface area contributed by atoms with Crippen LogP contribution in [0.2, 0.25) is 0 Å². The average Bonchev–Trinajstić information content (AvgIpc) is 3.03. The van der Waals surface area contributed by atoms with Crippen LogP contribution in [0.1, 0.15) is 31.2 Å². The van der Waals surface area contributed by atoms with Gasteiger partial charge in [-0.2, -0.15) is 4.98 Å². The Morgan fingerprint density at radius 1 is 1.33 bits per heavy atom. The van der Waals surface area contributed by atoms with Crippen LogP contribution in [0.25, 0.3) is 11.5 Å². The first-order valence-electron chi connectivity index (χ1n) is 7.83. The summed E-state index contributed by atoms with van der Waals surface area (Å²) in [5.41, 5.74) is 2.25. The fourth-order valence-electron chi connectivity index (χ4n) is 2.07. The summed E-state index contributed by atoms with van der Waals surface area (Å²) in [6.07, 6.45) is 0. The van der Waals surface area contributed by atoms with Crippen molar-refractivity contribution < 1.29 is 18.8 Å². The molecule has 0 aliphatic rings. The third kappa shape index (κ3) is 4.62. The van der Waals surface area contributed by atoms with E-state index < -0.39 is 0 Å². The van der Waals surface area contributed by atoms with Gasteiger partial charge in [-0.15, -0.1) is 0 Å². The Balaban J connectivity index is 2.15. The second-order valence-electron chi connectivity index (χ2n) is 5.70. The number of aryl methyl sites for hydroxylation is 1. The lowest BCUT2D eigenvalue weighted by Crippen LogP contribution is -2.20. The van der Waals surface area contributed by atoms with E-state index in [-0.39, 0.29) is 18.4 Å². The van der Waals surface area contributed by atoms with Gasteiger partial charge in [-0.25, -0.2) is 0 Å². The lowest BCUT2D eigenvalue weighted by atomic mass is 10.1. The van der Waals surface area contributed by atoms with Crippen molar-refractivity contribution in [2.24, 2.45) is 0 Å². The predicted octanol–water partition coefficient (Wildman–Crippen LogP) is 2.77. The minimum absolute atomic E-state index is 0.0434. The van der Waals surface area contributed by atoms with E-state index in [9.17, 15) is 4.79 Å². The maximum Gasteiger partial charge on any atom is 0.260 e. The van der Waals surface area contributed by atoms with Crippen molar-refractivity contribution in [1.82, 2.24) is 10.1 Å². The number of hydrogen-bond acceptors (Lipinski definition) is 6. The van der Waals surface area contributed by atoms with Gasteiger partial charge in [0.25, 0.3) is 5.89 Å². The highest BCUT2D eigenvalue weighted by molar-refractivity contribution is 5.96. The number of nitrogens with zero attached hydrogens (tertiary/aromatic N) is 2. The van der Waals surface area contributed by atoms with Gasteiger partial charge >= 0.3 is 0 Å². The summed E-state index contributed by atoms with van der Waals surface area (Å²) in [5, 5.41) is 6.83. The lowest BCUT2D eigenvalue weighted by Gasteiger charge is -2.12. The number of carbonyl (C=O) groups is 1. The SMILES string of the molecule is COCCOCC(=O)Nc1c(C)cccc1-c1nc(C(C)C)no1. The number of ether oxygens (including phenoxy) is 2. The van der Waals surface area contributed by atoms with Crippen LogP contribution < -0.4 is 5.32 Å². The first kappa shape index (κ1) is 18.1. The van der Waals surface area contributed by atoms with E-state index >= 15 is 0 Å². The van der Waals surface area contributed by atoms with E-state index in [1.807, 2.05) is 39.0 Å². The zero-order valence-corrected chi connectivity index (χ0v) is 14.5. The quantitative estimate of drug-likeness (QED) is 0.748. The molecule has 1 N–H and O–H groups in total. The van der Waals surface area contributed by atoms with Crippen LogP contribution in [-0.4, -0.2) is 43.0 Å². The van der Waals surface area contributed by atoms with Crippen molar-refractivity contribution in [3.8, 4) is 11.5 Å². The highest BCUT2D eigenvalue weighted by atomic mass is 16.5. The summed E-state index contributed by atoms with van der Waals surface area (Å²) in [6.45, 7) is 6.66. The molecule has 0 fully saturated rings. The topological polar surface area (TPSA) is 86.5 Å². The molecular weight excluding hydrogens is 310 g/mol. The molecule has 0 aliphatic carbocycles. The maximum absolute atomic E-state index is 12.1. The van der Waals surface area contributed by atoms with E-state index in [0.717, 1.165) is 5.56 Å². The number of nitrogens with one attached hydrogen (secondary N) is 1. The van der Waals surface area contributed by atoms with Crippen LogP contribution in [0.4, 0.5) is 5.69 Å². The molecule has 0 saturated heterocycles. The Morgan fingerprint density at radius 3 is 2.79 bits per heavy atom. The van der Waals surface area contributed by atoms with E-state index in [2.05, 4.69) is 15.5 Å². The van der Waals surface area contributed by atoms with Gasteiger partial charge in [0.05, 0.1) is 24.5 Å². The van der Waals surface area contributed by atoms with E-state index in [0.29, 0.717) is 36.2 Å². The Bertz CT molecular complexity index is 682. The van der Waals surface area contributed by atoms with Crippen LogP contribution in [0, 0.1) is 6.92 Å². The largest absolute Gasteiger partial charge is 0.382 e. The molecule has 0 bridgehead atoms. The Hall–Kier alpha value is -2.25. The second kappa shape index (κ2) is 8.56. The van der Waals surface area contributed by atoms with Crippen LogP contribution in [0.3, 0.4) is 0 Å². The zero-order chi connectivity index (χ0) is 17.5. The minimum Gasteiger partial charge on any atom is -0.382 e. The highest BCUT2D eigenvalue weighted by Gasteiger charge is 2.17. The fraction of sp³-hybridized carbons (Fsp3) is 0.471. The summed E-state index contributed by atoms with van der Waals surface area (Å²) in [7, 11) is 1.58. The summed E-state index contributed by atoms with van der Waals surface area (Å²) in [5.74, 6) is 0.939. The van der Waals surface area contributed by atoms with Gasteiger partial charge < -0.3 is 19.3 Å². The number of hydrogen-bond donors (Lipinski definition) is 1. The molecule has 2 rings (SSSR count). The standard InChI is InChI=1S/C17H23N3O4/c1-11(2)16-19-17(24-20-16)13-7-5-6-12(3)15(13)18-14(21)10-23-9-8-22-4/h5-7,11H,8-10H2,1-4H3,(H,18,21). The molecule has 1 aromatic carbocycles. The van der Waals surface area contributed by atoms with Gasteiger partial charge in [0.2, 0.25) is 5.91 Å². The zero-order valence-electron chi connectivity index (χ0n) is 14.5. The first-order chi connectivity index (χ1) is 11.5. The van der Waals surface area contributed by atoms with Crippen molar-refractivity contribution in [3.05, 3.63) is 29.6 Å². The van der Waals surface area contributed by atoms with Crippen LogP contribution in [0.15, 0.2) is 22.7 Å². The molecule has 0 aliphatic heterocycles. The molecule has 7 heteroatoms. The fourth-order valence-corrected chi connectivity index (χ4v) is 2.07. The van der Waals surface area contributed by atoms with Crippen molar-refractivity contribution >= 4 is 11.6 Å². The number of carbonyl (C=O) groups excluding carboxylic acids is 1. The predicted molar refractivity (Wildman–Crippen MR) is 89.9 cm³/mol. The summed E-state index contributed by atoms with van der Waals surface area (Å²) in [4.78, 5) is 16.5. The Labute approximate surface area is 141 Å². The molecule has 0 unspecified atom stereocenters. The Kier molecular flexibility index (Phi) is 6.45. The number of benzene rings is 1. The molecule has 1 aromatic heterocycles. The molecule has 130 valence electrons. The van der Waals surface area contributed by atoms with Gasteiger partial charge in [-0.05, 0) is 18.6 Å². The van der Waals surface area contributed by atoms with Gasteiger partial charge in [0, 0.05) is 13.0 Å². The molecule has 7 nitrogen and oxygen atoms in total. The highest BCUT2D eigenvalue weighted by Crippen LogP contribution is 2.30. The minimum atomic E-state index is -0.245. The third-order valence-corrected chi connectivity index (χ3v) is 3.39. The maximum atomic E-state index is 12.1. The summed E-state index contributed by atoms with van der Waals surface area (Å²) >= 11 is 0. The molecule has 1 heterocycles. The number of aromatic nitrogens is 2. The normalized spacial score (nSPS) is 11.0. The molecule has 24 heavy (non-hydrogen) atoms. The molecule has 2 aromatic rings. The molecule has 1 amide bonds. The van der Waals surface area contributed by atoms with Gasteiger partial charge in [0.1, 0.15) is 6.61 Å². The van der Waals surface area contributed by atoms with Crippen molar-refractivity contribution in [2.75, 3.05) is 32.2 Å². The lowest BCUT2D eigenvalue weighted by molar-refractivity contribution is -0.121. The summed E-state index contributed by atoms with van der Waals surface area (Å²) < 4.78 is 15.5. The van der Waals surface area contributed by atoms with Crippen molar-refractivity contribution in [1.29, 1.82) is 0 Å². The molecule has 0 atom stereocenters. The number of amides is 1. The van der Waals surface area contributed by atoms with Crippen LogP contribution >= 0.6 is 0 Å². The van der Waals surface area contributed by atoms with Crippen molar-refractivity contribution in [3.63, 3.8) is 0 Å². The molecule has 0 saturated carbocycles. The van der Waals surface area contributed by atoms with Gasteiger partial charge in [-0.1, -0.05) is 31.1 Å². The molecule has 0 radical (unpaired) electrons. The number of anilines is 1. The number of methoxy groups -OCH3 is 1. The number of para-hydroxylation sites is 1.